The predicted molar refractivity (Wildman–Crippen MR) is 62.6 cm³/mol. The normalized spacial score (nSPS) is 9.62. The molecule has 0 N–H and O–H groups in total. The summed E-state index contributed by atoms with van der Waals surface area (Å²) in [4.78, 5) is 0. The molecule has 0 radical (unpaired) electrons. The van der Waals surface area contributed by atoms with Gasteiger partial charge in [0.15, 0.2) is 0 Å². The minimum absolute atomic E-state index is 0.615. The molecule has 1 aromatic heterocycles. The molecule has 0 aliphatic heterocycles. The zero-order chi connectivity index (χ0) is 9.10. The fourth-order valence-corrected chi connectivity index (χ4v) is 2.18. The standard InChI is InChI=1S/C11H8S2/c12-7-3-4-9-8-13-11-6-2-1-5-10(9)11/h1-2,5-6,8,12H,7H2. The summed E-state index contributed by atoms with van der Waals surface area (Å²) in [5, 5.41) is 3.35. The smallest absolute Gasteiger partial charge is 0.0521 e. The zero-order valence-corrected chi connectivity index (χ0v) is 8.66. The fourth-order valence-electron chi connectivity index (χ4n) is 1.21. The van der Waals surface area contributed by atoms with Crippen LogP contribution in [0.1, 0.15) is 5.56 Å². The lowest BCUT2D eigenvalue weighted by Gasteiger charge is -1.87. The fraction of sp³-hybridized carbons (Fsp3) is 0.0909. The van der Waals surface area contributed by atoms with E-state index >= 15 is 0 Å². The van der Waals surface area contributed by atoms with Crippen LogP contribution in [0, 0.1) is 11.8 Å². The van der Waals surface area contributed by atoms with Gasteiger partial charge in [-0.15, -0.1) is 11.3 Å². The Bertz CT molecular complexity index is 471. The Labute approximate surface area is 87.0 Å². The van der Waals surface area contributed by atoms with Crippen molar-refractivity contribution in [2.75, 3.05) is 5.75 Å². The highest BCUT2D eigenvalue weighted by atomic mass is 32.1. The van der Waals surface area contributed by atoms with Crippen molar-refractivity contribution in [2.24, 2.45) is 0 Å². The van der Waals surface area contributed by atoms with Crippen LogP contribution in [0.25, 0.3) is 10.1 Å². The van der Waals surface area contributed by atoms with Crippen LogP contribution in [0.4, 0.5) is 0 Å². The maximum atomic E-state index is 4.06. The summed E-state index contributed by atoms with van der Waals surface area (Å²) in [6, 6.07) is 8.32. The van der Waals surface area contributed by atoms with E-state index in [9.17, 15) is 0 Å². The van der Waals surface area contributed by atoms with E-state index in [2.05, 4.69) is 48.0 Å². The third-order valence-corrected chi connectivity index (χ3v) is 2.90. The van der Waals surface area contributed by atoms with Gasteiger partial charge < -0.3 is 0 Å². The van der Waals surface area contributed by atoms with Crippen LogP contribution >= 0.6 is 24.0 Å². The molecule has 0 saturated heterocycles. The van der Waals surface area contributed by atoms with Crippen molar-refractivity contribution in [3.8, 4) is 11.8 Å². The summed E-state index contributed by atoms with van der Waals surface area (Å²) >= 11 is 5.79. The highest BCUT2D eigenvalue weighted by Crippen LogP contribution is 2.24. The quantitative estimate of drug-likeness (QED) is 0.494. The molecule has 64 valence electrons. The summed E-state index contributed by atoms with van der Waals surface area (Å²) in [6.07, 6.45) is 0. The largest absolute Gasteiger partial charge is 0.166 e. The monoisotopic (exact) mass is 204 g/mol. The highest BCUT2D eigenvalue weighted by Gasteiger charge is 1.98. The van der Waals surface area contributed by atoms with Crippen LogP contribution in [-0.4, -0.2) is 5.75 Å². The van der Waals surface area contributed by atoms with Crippen molar-refractivity contribution >= 4 is 34.1 Å². The summed E-state index contributed by atoms with van der Waals surface area (Å²) in [5.41, 5.74) is 1.12. The van der Waals surface area contributed by atoms with E-state index < -0.39 is 0 Å². The third-order valence-electron chi connectivity index (χ3n) is 1.78. The number of rotatable bonds is 0. The molecule has 0 saturated carbocycles. The minimum atomic E-state index is 0.615. The first kappa shape index (κ1) is 8.68. The van der Waals surface area contributed by atoms with Crippen molar-refractivity contribution < 1.29 is 0 Å². The molecule has 13 heavy (non-hydrogen) atoms. The van der Waals surface area contributed by atoms with Crippen LogP contribution in [0.3, 0.4) is 0 Å². The molecule has 1 aromatic carbocycles. The average molecular weight is 204 g/mol. The molecule has 2 rings (SSSR count). The van der Waals surface area contributed by atoms with Gasteiger partial charge in [-0.2, -0.15) is 12.6 Å². The summed E-state index contributed by atoms with van der Waals surface area (Å²) in [7, 11) is 0. The summed E-state index contributed by atoms with van der Waals surface area (Å²) in [6.45, 7) is 0. The number of thiol groups is 1. The van der Waals surface area contributed by atoms with E-state index in [1.807, 2.05) is 6.07 Å². The molecule has 0 bridgehead atoms. The lowest BCUT2D eigenvalue weighted by atomic mass is 10.2. The third kappa shape index (κ3) is 1.72. The summed E-state index contributed by atoms with van der Waals surface area (Å²) < 4.78 is 1.30. The zero-order valence-electron chi connectivity index (χ0n) is 6.95. The number of benzene rings is 1. The number of fused-ring (bicyclic) bond motifs is 1. The van der Waals surface area contributed by atoms with Gasteiger partial charge in [-0.05, 0) is 6.07 Å². The molecule has 0 unspecified atom stereocenters. The maximum absolute atomic E-state index is 4.06. The van der Waals surface area contributed by atoms with Crippen LogP contribution in [-0.2, 0) is 0 Å². The van der Waals surface area contributed by atoms with E-state index in [1.54, 1.807) is 11.3 Å². The second-order valence-electron chi connectivity index (χ2n) is 2.61. The van der Waals surface area contributed by atoms with Crippen LogP contribution in [0.5, 0.6) is 0 Å². The lowest BCUT2D eigenvalue weighted by molar-refractivity contribution is 1.81. The molecule has 0 aliphatic carbocycles. The Morgan fingerprint density at radius 2 is 2.15 bits per heavy atom. The van der Waals surface area contributed by atoms with Crippen LogP contribution < -0.4 is 0 Å². The van der Waals surface area contributed by atoms with E-state index in [4.69, 9.17) is 0 Å². The molecule has 0 spiro atoms. The first-order chi connectivity index (χ1) is 6.42. The maximum Gasteiger partial charge on any atom is 0.0521 e. The molecule has 2 aromatic rings. The molecular formula is C11H8S2. The number of thiophene rings is 1. The molecule has 2 heteroatoms. The Morgan fingerprint density at radius 3 is 3.00 bits per heavy atom. The van der Waals surface area contributed by atoms with Crippen LogP contribution in [0.15, 0.2) is 29.6 Å². The first-order valence-corrected chi connectivity index (χ1v) is 5.49. The molecule has 0 fully saturated rings. The van der Waals surface area contributed by atoms with Crippen molar-refractivity contribution in [1.29, 1.82) is 0 Å². The lowest BCUT2D eigenvalue weighted by Crippen LogP contribution is -1.69. The Balaban J connectivity index is 2.58. The molecule has 0 aliphatic rings. The van der Waals surface area contributed by atoms with Gasteiger partial charge in [-0.1, -0.05) is 30.0 Å². The highest BCUT2D eigenvalue weighted by molar-refractivity contribution is 7.80. The summed E-state index contributed by atoms with van der Waals surface area (Å²) in [5.74, 6) is 6.68. The van der Waals surface area contributed by atoms with E-state index in [1.165, 1.54) is 10.1 Å². The van der Waals surface area contributed by atoms with Crippen LogP contribution in [0.2, 0.25) is 0 Å². The number of hydrogen-bond acceptors (Lipinski definition) is 2. The van der Waals surface area contributed by atoms with Crippen molar-refractivity contribution in [1.82, 2.24) is 0 Å². The van der Waals surface area contributed by atoms with Crippen molar-refractivity contribution in [3.05, 3.63) is 35.2 Å². The average Bonchev–Trinajstić information content (AvgIpc) is 2.58. The van der Waals surface area contributed by atoms with E-state index in [0.717, 1.165) is 5.56 Å². The topological polar surface area (TPSA) is 0 Å². The van der Waals surface area contributed by atoms with Gasteiger partial charge in [0.05, 0.1) is 5.75 Å². The molecule has 0 nitrogen and oxygen atoms in total. The van der Waals surface area contributed by atoms with Crippen molar-refractivity contribution in [2.45, 2.75) is 0 Å². The van der Waals surface area contributed by atoms with Gasteiger partial charge in [-0.3, -0.25) is 0 Å². The first-order valence-electron chi connectivity index (χ1n) is 3.98. The van der Waals surface area contributed by atoms with Gasteiger partial charge in [0.1, 0.15) is 0 Å². The second kappa shape index (κ2) is 3.87. The molecular weight excluding hydrogens is 196 g/mol. The van der Waals surface area contributed by atoms with E-state index in [-0.39, 0.29) is 0 Å². The van der Waals surface area contributed by atoms with Gasteiger partial charge in [-0.25, -0.2) is 0 Å². The molecule has 1 heterocycles. The Morgan fingerprint density at radius 1 is 1.31 bits per heavy atom. The second-order valence-corrected chi connectivity index (χ2v) is 3.83. The van der Waals surface area contributed by atoms with Gasteiger partial charge in [0, 0.05) is 21.0 Å². The Kier molecular flexibility index (Phi) is 2.58. The van der Waals surface area contributed by atoms with Gasteiger partial charge >= 0.3 is 0 Å². The minimum Gasteiger partial charge on any atom is -0.166 e. The number of hydrogen-bond donors (Lipinski definition) is 1. The molecule has 0 atom stereocenters. The molecule has 0 amide bonds. The predicted octanol–water partition coefficient (Wildman–Crippen LogP) is 3.18. The Hall–Kier alpha value is -0.910. The van der Waals surface area contributed by atoms with Gasteiger partial charge in [0.2, 0.25) is 0 Å². The van der Waals surface area contributed by atoms with E-state index in [0.29, 0.717) is 5.75 Å². The van der Waals surface area contributed by atoms with Crippen molar-refractivity contribution in [3.63, 3.8) is 0 Å². The SMILES string of the molecule is SCC#Cc1csc2ccccc12. The van der Waals surface area contributed by atoms with Gasteiger partial charge in [0.25, 0.3) is 0 Å².